The Kier molecular flexibility index (Phi) is 4.65. The highest BCUT2D eigenvalue weighted by Crippen LogP contribution is 2.27. The Morgan fingerprint density at radius 3 is 2.94 bits per heavy atom. The van der Waals surface area contributed by atoms with E-state index in [1.165, 1.54) is 19.2 Å². The van der Waals surface area contributed by atoms with E-state index in [0.717, 1.165) is 24.5 Å². The minimum Gasteiger partial charge on any atom is -0.355 e. The van der Waals surface area contributed by atoms with Gasteiger partial charge in [0.2, 0.25) is 0 Å². The van der Waals surface area contributed by atoms with Gasteiger partial charge < -0.3 is 9.80 Å². The molecule has 1 unspecified atom stereocenters. The van der Waals surface area contributed by atoms with Crippen molar-refractivity contribution in [1.29, 1.82) is 0 Å². The minimum absolute atomic E-state index is 0.335. The number of likely N-dealkylation sites (tertiary alicyclic amines) is 1. The van der Waals surface area contributed by atoms with Crippen LogP contribution in [0, 0.1) is 0 Å². The van der Waals surface area contributed by atoms with Crippen molar-refractivity contribution in [3.63, 3.8) is 0 Å². The molecule has 1 aromatic heterocycles. The van der Waals surface area contributed by atoms with Crippen molar-refractivity contribution in [3.8, 4) is 0 Å². The zero-order chi connectivity index (χ0) is 13.1. The number of aromatic nitrogens is 2. The lowest BCUT2D eigenvalue weighted by atomic mass is 10.0. The second-order valence-electron chi connectivity index (χ2n) is 4.77. The molecular formula is C12H18Cl2N4. The Bertz CT molecular complexity index is 413. The molecule has 18 heavy (non-hydrogen) atoms. The number of rotatable bonds is 3. The van der Waals surface area contributed by atoms with E-state index in [4.69, 9.17) is 23.2 Å². The van der Waals surface area contributed by atoms with Crippen LogP contribution in [0.4, 0.5) is 5.82 Å². The topological polar surface area (TPSA) is 32.3 Å². The van der Waals surface area contributed by atoms with Crippen molar-refractivity contribution in [2.75, 3.05) is 32.1 Å². The molecular weight excluding hydrogens is 271 g/mol. The molecule has 100 valence electrons. The molecule has 0 radical (unpaired) electrons. The number of piperidine rings is 1. The SMILES string of the molecule is CN1CCCC(N(C)c2ncnc(Cl)c2CCl)C1. The van der Waals surface area contributed by atoms with E-state index in [0.29, 0.717) is 17.1 Å². The molecule has 1 fully saturated rings. The van der Waals surface area contributed by atoms with Crippen molar-refractivity contribution in [3.05, 3.63) is 17.0 Å². The Morgan fingerprint density at radius 1 is 1.50 bits per heavy atom. The lowest BCUT2D eigenvalue weighted by Crippen LogP contribution is -2.45. The third-order valence-electron chi connectivity index (χ3n) is 3.49. The van der Waals surface area contributed by atoms with Gasteiger partial charge in [0, 0.05) is 25.2 Å². The molecule has 0 spiro atoms. The third-order valence-corrected chi connectivity index (χ3v) is 4.08. The Labute approximate surface area is 118 Å². The first kappa shape index (κ1) is 13.8. The number of hydrogen-bond acceptors (Lipinski definition) is 4. The average Bonchev–Trinajstić information content (AvgIpc) is 2.37. The number of anilines is 1. The summed E-state index contributed by atoms with van der Waals surface area (Å²) in [4.78, 5) is 12.8. The summed E-state index contributed by atoms with van der Waals surface area (Å²) < 4.78 is 0. The van der Waals surface area contributed by atoms with Crippen molar-refractivity contribution in [2.45, 2.75) is 24.8 Å². The van der Waals surface area contributed by atoms with Gasteiger partial charge in [-0.2, -0.15) is 0 Å². The first-order chi connectivity index (χ1) is 8.63. The van der Waals surface area contributed by atoms with Crippen LogP contribution in [0.5, 0.6) is 0 Å². The standard InChI is InChI=1S/C12H18Cl2N4/c1-17-5-3-4-9(7-17)18(2)12-10(6-13)11(14)15-8-16-12/h8-9H,3-7H2,1-2H3. The van der Waals surface area contributed by atoms with E-state index in [2.05, 4.69) is 33.9 Å². The Morgan fingerprint density at radius 2 is 2.28 bits per heavy atom. The zero-order valence-electron chi connectivity index (χ0n) is 10.7. The van der Waals surface area contributed by atoms with E-state index in [1.54, 1.807) is 0 Å². The first-order valence-corrected chi connectivity index (χ1v) is 7.01. The van der Waals surface area contributed by atoms with Gasteiger partial charge in [-0.05, 0) is 26.4 Å². The molecule has 0 N–H and O–H groups in total. The largest absolute Gasteiger partial charge is 0.355 e. The summed E-state index contributed by atoms with van der Waals surface area (Å²) in [5.41, 5.74) is 0.816. The molecule has 1 saturated heterocycles. The van der Waals surface area contributed by atoms with E-state index in [1.807, 2.05) is 0 Å². The summed E-state index contributed by atoms with van der Waals surface area (Å²) in [6.45, 7) is 2.21. The lowest BCUT2D eigenvalue weighted by molar-refractivity contribution is 0.247. The summed E-state index contributed by atoms with van der Waals surface area (Å²) in [7, 11) is 4.20. The molecule has 1 atom stereocenters. The summed E-state index contributed by atoms with van der Waals surface area (Å²) in [5, 5.41) is 0.450. The highest BCUT2D eigenvalue weighted by atomic mass is 35.5. The molecule has 2 heterocycles. The van der Waals surface area contributed by atoms with Crippen LogP contribution < -0.4 is 4.90 Å². The monoisotopic (exact) mass is 288 g/mol. The summed E-state index contributed by atoms with van der Waals surface area (Å²) in [6.07, 6.45) is 3.88. The fourth-order valence-corrected chi connectivity index (χ4v) is 2.94. The Hall–Kier alpha value is -0.580. The highest BCUT2D eigenvalue weighted by molar-refractivity contribution is 6.31. The van der Waals surface area contributed by atoms with Crippen LogP contribution in [0.3, 0.4) is 0 Å². The lowest BCUT2D eigenvalue weighted by Gasteiger charge is -2.37. The Balaban J connectivity index is 2.22. The maximum atomic E-state index is 6.07. The van der Waals surface area contributed by atoms with Crippen LogP contribution in [0.15, 0.2) is 6.33 Å². The number of likely N-dealkylation sites (N-methyl/N-ethyl adjacent to an activating group) is 2. The van der Waals surface area contributed by atoms with Crippen molar-refractivity contribution < 1.29 is 0 Å². The third kappa shape index (κ3) is 2.87. The average molecular weight is 289 g/mol. The van der Waals surface area contributed by atoms with Crippen LogP contribution >= 0.6 is 23.2 Å². The fraction of sp³-hybridized carbons (Fsp3) is 0.667. The predicted molar refractivity (Wildman–Crippen MR) is 75.5 cm³/mol. The first-order valence-electron chi connectivity index (χ1n) is 6.10. The fourth-order valence-electron chi connectivity index (χ4n) is 2.43. The van der Waals surface area contributed by atoms with Gasteiger partial charge in [0.25, 0.3) is 0 Å². The molecule has 0 saturated carbocycles. The van der Waals surface area contributed by atoms with Crippen molar-refractivity contribution >= 4 is 29.0 Å². The smallest absolute Gasteiger partial charge is 0.138 e. The van der Waals surface area contributed by atoms with E-state index in [-0.39, 0.29) is 0 Å². The molecule has 0 amide bonds. The van der Waals surface area contributed by atoms with Gasteiger partial charge in [-0.1, -0.05) is 11.6 Å². The maximum absolute atomic E-state index is 6.07. The quantitative estimate of drug-likeness (QED) is 0.632. The number of nitrogens with zero attached hydrogens (tertiary/aromatic N) is 4. The molecule has 2 rings (SSSR count). The normalized spacial score (nSPS) is 21.0. The summed E-state index contributed by atoms with van der Waals surface area (Å²) >= 11 is 12.0. The number of alkyl halides is 1. The number of hydrogen-bond donors (Lipinski definition) is 0. The summed E-state index contributed by atoms with van der Waals surface area (Å²) in [5.74, 6) is 1.19. The van der Waals surface area contributed by atoms with E-state index in [9.17, 15) is 0 Å². The highest BCUT2D eigenvalue weighted by Gasteiger charge is 2.24. The van der Waals surface area contributed by atoms with Crippen LogP contribution in [0.25, 0.3) is 0 Å². The molecule has 0 bridgehead atoms. The van der Waals surface area contributed by atoms with Crippen LogP contribution in [0.2, 0.25) is 5.15 Å². The van der Waals surface area contributed by atoms with Gasteiger partial charge in [-0.25, -0.2) is 9.97 Å². The molecule has 1 aliphatic heterocycles. The van der Waals surface area contributed by atoms with Crippen LogP contribution in [0.1, 0.15) is 18.4 Å². The predicted octanol–water partition coefficient (Wildman–Crippen LogP) is 2.40. The van der Waals surface area contributed by atoms with Gasteiger partial charge in [0.05, 0.1) is 5.88 Å². The summed E-state index contributed by atoms with van der Waals surface area (Å²) in [6, 6.07) is 0.455. The van der Waals surface area contributed by atoms with Gasteiger partial charge >= 0.3 is 0 Å². The molecule has 4 nitrogen and oxygen atoms in total. The van der Waals surface area contributed by atoms with E-state index >= 15 is 0 Å². The molecule has 0 aliphatic carbocycles. The molecule has 1 aromatic rings. The second-order valence-corrected chi connectivity index (χ2v) is 5.39. The van der Waals surface area contributed by atoms with Gasteiger partial charge in [-0.15, -0.1) is 11.6 Å². The molecule has 6 heteroatoms. The van der Waals surface area contributed by atoms with E-state index < -0.39 is 0 Å². The van der Waals surface area contributed by atoms with Gasteiger partial charge in [-0.3, -0.25) is 0 Å². The van der Waals surface area contributed by atoms with Crippen molar-refractivity contribution in [2.24, 2.45) is 0 Å². The number of halogens is 2. The zero-order valence-corrected chi connectivity index (χ0v) is 12.2. The molecule has 1 aliphatic rings. The second kappa shape index (κ2) is 6.04. The van der Waals surface area contributed by atoms with Crippen molar-refractivity contribution in [1.82, 2.24) is 14.9 Å². The molecule has 0 aromatic carbocycles. The van der Waals surface area contributed by atoms with Gasteiger partial charge in [0.15, 0.2) is 0 Å². The van der Waals surface area contributed by atoms with Crippen LogP contribution in [-0.2, 0) is 5.88 Å². The van der Waals surface area contributed by atoms with Gasteiger partial charge in [0.1, 0.15) is 17.3 Å². The maximum Gasteiger partial charge on any atom is 0.138 e. The minimum atomic E-state index is 0.335. The van der Waals surface area contributed by atoms with Crippen LogP contribution in [-0.4, -0.2) is 48.1 Å².